The molecule has 0 saturated carbocycles. The number of methoxy groups -OCH3 is 1. The first-order chi connectivity index (χ1) is 10.6. The second-order valence-corrected chi connectivity index (χ2v) is 6.02. The number of carbonyl (C=O) groups excluding carboxylic acids is 1. The molecule has 2 heterocycles. The van der Waals surface area contributed by atoms with Crippen LogP contribution in [0.2, 0.25) is 0 Å². The molecule has 2 N–H and O–H groups in total. The van der Waals surface area contributed by atoms with Crippen LogP contribution in [0.25, 0.3) is 10.2 Å². The lowest BCUT2D eigenvalue weighted by Gasteiger charge is -2.17. The van der Waals surface area contributed by atoms with Crippen molar-refractivity contribution in [2.45, 2.75) is 33.2 Å². The third-order valence-electron chi connectivity index (χ3n) is 3.47. The Labute approximate surface area is 134 Å². The van der Waals surface area contributed by atoms with Crippen LogP contribution in [0.5, 0.6) is 0 Å². The van der Waals surface area contributed by atoms with Crippen LogP contribution in [0.1, 0.15) is 35.5 Å². The van der Waals surface area contributed by atoms with Gasteiger partial charge in [-0.05, 0) is 25.8 Å². The summed E-state index contributed by atoms with van der Waals surface area (Å²) in [6.45, 7) is 7.15. The number of nitrogens with zero attached hydrogens (tertiary/aromatic N) is 2. The third-order valence-corrected chi connectivity index (χ3v) is 4.67. The van der Waals surface area contributed by atoms with Gasteiger partial charge in [0.25, 0.3) is 5.91 Å². The number of aryl methyl sites for hydroxylation is 1. The Morgan fingerprint density at radius 1 is 1.41 bits per heavy atom. The van der Waals surface area contributed by atoms with Crippen LogP contribution in [0, 0.1) is 6.92 Å². The summed E-state index contributed by atoms with van der Waals surface area (Å²) in [5.74, 6) is 0.705. The molecule has 6 nitrogen and oxygen atoms in total. The molecule has 120 valence electrons. The monoisotopic (exact) mass is 322 g/mol. The zero-order valence-corrected chi connectivity index (χ0v) is 14.2. The van der Waals surface area contributed by atoms with Gasteiger partial charge in [0.15, 0.2) is 0 Å². The summed E-state index contributed by atoms with van der Waals surface area (Å²) >= 11 is 1.40. The van der Waals surface area contributed by atoms with Crippen LogP contribution in [0.3, 0.4) is 0 Å². The lowest BCUT2D eigenvalue weighted by atomic mass is 10.1. The number of thiophene rings is 1. The Morgan fingerprint density at radius 3 is 2.82 bits per heavy atom. The topological polar surface area (TPSA) is 76.1 Å². The molecule has 0 radical (unpaired) electrons. The molecule has 0 bridgehead atoms. The van der Waals surface area contributed by atoms with E-state index in [2.05, 4.69) is 27.5 Å². The van der Waals surface area contributed by atoms with Crippen LogP contribution >= 0.6 is 11.3 Å². The first kappa shape index (κ1) is 16.6. The zero-order valence-electron chi connectivity index (χ0n) is 13.4. The Morgan fingerprint density at radius 2 is 2.18 bits per heavy atom. The number of nitrogens with one attached hydrogen (secondary N) is 2. The van der Waals surface area contributed by atoms with E-state index >= 15 is 0 Å². The van der Waals surface area contributed by atoms with Crippen molar-refractivity contribution in [3.05, 3.63) is 16.8 Å². The molecule has 1 atom stereocenters. The molecule has 22 heavy (non-hydrogen) atoms. The van der Waals surface area contributed by atoms with Gasteiger partial charge in [-0.15, -0.1) is 11.3 Å². The van der Waals surface area contributed by atoms with Gasteiger partial charge in [-0.2, -0.15) is 0 Å². The summed E-state index contributed by atoms with van der Waals surface area (Å²) in [5.41, 5.74) is 0.918. The van der Waals surface area contributed by atoms with E-state index in [0.717, 1.165) is 28.0 Å². The van der Waals surface area contributed by atoms with Gasteiger partial charge in [-0.1, -0.05) is 6.92 Å². The predicted molar refractivity (Wildman–Crippen MR) is 89.7 cm³/mol. The smallest absolute Gasteiger partial charge is 0.261 e. The van der Waals surface area contributed by atoms with Gasteiger partial charge in [-0.25, -0.2) is 9.97 Å². The number of carbonyl (C=O) groups is 1. The van der Waals surface area contributed by atoms with Crippen LogP contribution in [0.4, 0.5) is 5.82 Å². The van der Waals surface area contributed by atoms with E-state index in [1.165, 1.54) is 17.7 Å². The molecular weight excluding hydrogens is 300 g/mol. The molecule has 2 aromatic rings. The number of aromatic nitrogens is 2. The second kappa shape index (κ2) is 7.51. The Hall–Kier alpha value is -1.73. The summed E-state index contributed by atoms with van der Waals surface area (Å²) in [6, 6.07) is 0.176. The molecular formula is C15H22N4O2S. The lowest BCUT2D eigenvalue weighted by Crippen LogP contribution is -2.24. The number of hydrogen-bond donors (Lipinski definition) is 2. The highest BCUT2D eigenvalue weighted by molar-refractivity contribution is 7.20. The van der Waals surface area contributed by atoms with Crippen molar-refractivity contribution in [2.24, 2.45) is 0 Å². The summed E-state index contributed by atoms with van der Waals surface area (Å²) in [7, 11) is 1.68. The minimum absolute atomic E-state index is 0.0575. The summed E-state index contributed by atoms with van der Waals surface area (Å²) < 4.78 is 5.22. The van der Waals surface area contributed by atoms with E-state index in [4.69, 9.17) is 4.74 Å². The largest absolute Gasteiger partial charge is 0.383 e. The van der Waals surface area contributed by atoms with E-state index in [1.54, 1.807) is 7.11 Å². The fourth-order valence-electron chi connectivity index (χ4n) is 2.29. The van der Waals surface area contributed by atoms with Crippen molar-refractivity contribution in [1.82, 2.24) is 15.3 Å². The molecule has 0 saturated heterocycles. The average molecular weight is 322 g/mol. The maximum Gasteiger partial charge on any atom is 0.261 e. The van der Waals surface area contributed by atoms with Crippen molar-refractivity contribution in [3.63, 3.8) is 0 Å². The fourth-order valence-corrected chi connectivity index (χ4v) is 3.36. The average Bonchev–Trinajstić information content (AvgIpc) is 2.85. The van der Waals surface area contributed by atoms with Crippen molar-refractivity contribution in [1.29, 1.82) is 0 Å². The van der Waals surface area contributed by atoms with Gasteiger partial charge in [0, 0.05) is 13.7 Å². The van der Waals surface area contributed by atoms with Gasteiger partial charge >= 0.3 is 0 Å². The zero-order chi connectivity index (χ0) is 16.1. The van der Waals surface area contributed by atoms with E-state index in [0.29, 0.717) is 18.0 Å². The SMILES string of the molecule is CCNC(=O)c1sc2ncnc(NC(CC)COC)c2c1C. The molecule has 1 unspecified atom stereocenters. The molecule has 0 fully saturated rings. The maximum absolute atomic E-state index is 12.1. The normalized spacial score (nSPS) is 12.4. The number of hydrogen-bond acceptors (Lipinski definition) is 6. The Balaban J connectivity index is 2.41. The minimum atomic E-state index is -0.0575. The first-order valence-corrected chi connectivity index (χ1v) is 8.21. The van der Waals surface area contributed by atoms with Crippen LogP contribution in [-0.2, 0) is 4.74 Å². The minimum Gasteiger partial charge on any atom is -0.383 e. The summed E-state index contributed by atoms with van der Waals surface area (Å²) in [6.07, 6.45) is 2.45. The van der Waals surface area contributed by atoms with Crippen molar-refractivity contribution in [2.75, 3.05) is 25.6 Å². The molecule has 0 aliphatic rings. The van der Waals surface area contributed by atoms with Crippen LogP contribution in [-0.4, -0.2) is 42.2 Å². The quantitative estimate of drug-likeness (QED) is 0.819. The molecule has 0 spiro atoms. The number of fused-ring (bicyclic) bond motifs is 1. The molecule has 0 aromatic carbocycles. The molecule has 0 aliphatic heterocycles. The lowest BCUT2D eigenvalue weighted by molar-refractivity contribution is 0.0959. The molecule has 2 aromatic heterocycles. The van der Waals surface area contributed by atoms with E-state index in [1.807, 2.05) is 13.8 Å². The number of ether oxygens (including phenoxy) is 1. The molecule has 7 heteroatoms. The van der Waals surface area contributed by atoms with Crippen molar-refractivity contribution < 1.29 is 9.53 Å². The molecule has 2 rings (SSSR count). The standard InChI is InChI=1S/C15H22N4O2S/c1-5-10(7-21-4)19-13-11-9(3)12(14(20)16-6-2)22-15(11)18-8-17-13/h8,10H,5-7H2,1-4H3,(H,16,20)(H,17,18,19). The van der Waals surface area contributed by atoms with Gasteiger partial charge in [0.2, 0.25) is 0 Å². The van der Waals surface area contributed by atoms with Gasteiger partial charge in [0.1, 0.15) is 17.0 Å². The Kier molecular flexibility index (Phi) is 5.68. The summed E-state index contributed by atoms with van der Waals surface area (Å²) in [4.78, 5) is 22.3. The predicted octanol–water partition coefficient (Wildman–Crippen LogP) is 2.59. The van der Waals surface area contributed by atoms with E-state index < -0.39 is 0 Å². The van der Waals surface area contributed by atoms with Gasteiger partial charge in [-0.3, -0.25) is 4.79 Å². The first-order valence-electron chi connectivity index (χ1n) is 7.40. The van der Waals surface area contributed by atoms with Gasteiger partial charge in [0.05, 0.1) is 22.9 Å². The highest BCUT2D eigenvalue weighted by Crippen LogP contribution is 2.33. The van der Waals surface area contributed by atoms with Gasteiger partial charge < -0.3 is 15.4 Å². The number of rotatable bonds is 7. The van der Waals surface area contributed by atoms with Crippen LogP contribution < -0.4 is 10.6 Å². The Bertz CT molecular complexity index is 656. The number of amides is 1. The highest BCUT2D eigenvalue weighted by Gasteiger charge is 2.19. The van der Waals surface area contributed by atoms with E-state index in [9.17, 15) is 4.79 Å². The molecule has 0 aliphatic carbocycles. The maximum atomic E-state index is 12.1. The van der Waals surface area contributed by atoms with Crippen molar-refractivity contribution in [3.8, 4) is 0 Å². The second-order valence-electron chi connectivity index (χ2n) is 5.02. The highest BCUT2D eigenvalue weighted by atomic mass is 32.1. The van der Waals surface area contributed by atoms with E-state index in [-0.39, 0.29) is 11.9 Å². The molecule has 1 amide bonds. The summed E-state index contributed by atoms with van der Waals surface area (Å²) in [5, 5.41) is 7.15. The number of anilines is 1. The van der Waals surface area contributed by atoms with Crippen LogP contribution in [0.15, 0.2) is 6.33 Å². The third kappa shape index (κ3) is 3.36. The van der Waals surface area contributed by atoms with Crippen molar-refractivity contribution >= 4 is 33.3 Å². The fraction of sp³-hybridized carbons (Fsp3) is 0.533.